The van der Waals surface area contributed by atoms with E-state index in [1.807, 2.05) is 54.6 Å². The molecule has 0 saturated carbocycles. The number of aromatic amines is 1. The van der Waals surface area contributed by atoms with Gasteiger partial charge < -0.3 is 4.74 Å². The fourth-order valence-electron chi connectivity index (χ4n) is 2.11. The van der Waals surface area contributed by atoms with Crippen LogP contribution in [-0.4, -0.2) is 17.3 Å². The summed E-state index contributed by atoms with van der Waals surface area (Å²) in [5, 5.41) is 7.70. The molecule has 0 atom stereocenters. The van der Waals surface area contributed by atoms with Crippen LogP contribution in [0.2, 0.25) is 0 Å². The number of hydrogen-bond donors (Lipinski definition) is 1. The van der Waals surface area contributed by atoms with Crippen molar-refractivity contribution in [1.29, 1.82) is 0 Å². The largest absolute Gasteiger partial charge is 0.497 e. The molecule has 0 saturated heterocycles. The first kappa shape index (κ1) is 13.1. The van der Waals surface area contributed by atoms with Crippen molar-refractivity contribution in [1.82, 2.24) is 10.2 Å². The summed E-state index contributed by atoms with van der Waals surface area (Å²) in [7, 11) is 1.65. The number of nitrogens with zero attached hydrogens (tertiary/aromatic N) is 1. The van der Waals surface area contributed by atoms with Gasteiger partial charge in [0.25, 0.3) is 5.56 Å². The molecule has 0 aliphatic rings. The van der Waals surface area contributed by atoms with Crippen molar-refractivity contribution < 1.29 is 4.74 Å². The van der Waals surface area contributed by atoms with E-state index in [-0.39, 0.29) is 5.56 Å². The lowest BCUT2D eigenvalue weighted by Gasteiger charge is -2.00. The third kappa shape index (κ3) is 2.84. The third-order valence-electron chi connectivity index (χ3n) is 3.28. The summed E-state index contributed by atoms with van der Waals surface area (Å²) in [5.74, 6) is 0.830. The van der Waals surface area contributed by atoms with Crippen molar-refractivity contribution in [2.24, 2.45) is 0 Å². The number of hydrogen-bond acceptors (Lipinski definition) is 3. The zero-order valence-electron chi connectivity index (χ0n) is 11.5. The Balaban J connectivity index is 1.91. The Kier molecular flexibility index (Phi) is 3.51. The average molecular weight is 278 g/mol. The predicted octanol–water partition coefficient (Wildman–Crippen LogP) is 3.10. The van der Waals surface area contributed by atoms with Gasteiger partial charge in [-0.25, -0.2) is 5.10 Å². The summed E-state index contributed by atoms with van der Waals surface area (Å²) >= 11 is 0. The van der Waals surface area contributed by atoms with Crippen LogP contribution in [0.25, 0.3) is 22.9 Å². The standard InChI is InChI=1S/C17H14N2O2/c1-21-15-8-5-12(6-9-15)2-3-13-4-7-14-11-18-19-17(20)16(14)10-13/h2-11H,1H3,(H,19,20)/b3-2+. The van der Waals surface area contributed by atoms with Crippen molar-refractivity contribution in [3.8, 4) is 5.75 Å². The van der Waals surface area contributed by atoms with E-state index in [0.29, 0.717) is 5.39 Å². The lowest BCUT2D eigenvalue weighted by atomic mass is 10.1. The average Bonchev–Trinajstić information content (AvgIpc) is 2.54. The molecule has 4 heteroatoms. The van der Waals surface area contributed by atoms with Crippen molar-refractivity contribution in [2.75, 3.05) is 7.11 Å². The highest BCUT2D eigenvalue weighted by molar-refractivity contribution is 5.84. The van der Waals surface area contributed by atoms with Crippen molar-refractivity contribution in [3.63, 3.8) is 0 Å². The highest BCUT2D eigenvalue weighted by Gasteiger charge is 1.99. The van der Waals surface area contributed by atoms with Gasteiger partial charge in [0.05, 0.1) is 18.7 Å². The van der Waals surface area contributed by atoms with Gasteiger partial charge in [-0.2, -0.15) is 5.10 Å². The molecular formula is C17H14N2O2. The van der Waals surface area contributed by atoms with E-state index >= 15 is 0 Å². The molecule has 1 heterocycles. The molecule has 0 amide bonds. The first-order chi connectivity index (χ1) is 10.3. The van der Waals surface area contributed by atoms with E-state index in [9.17, 15) is 4.79 Å². The van der Waals surface area contributed by atoms with Crippen LogP contribution in [0, 0.1) is 0 Å². The fourth-order valence-corrected chi connectivity index (χ4v) is 2.11. The van der Waals surface area contributed by atoms with E-state index in [1.165, 1.54) is 0 Å². The minimum Gasteiger partial charge on any atom is -0.497 e. The minimum atomic E-state index is -0.174. The number of methoxy groups -OCH3 is 1. The van der Waals surface area contributed by atoms with E-state index in [2.05, 4.69) is 10.2 Å². The highest BCUT2D eigenvalue weighted by Crippen LogP contribution is 2.16. The Labute approximate surface area is 121 Å². The van der Waals surface area contributed by atoms with Gasteiger partial charge in [-0.1, -0.05) is 36.4 Å². The molecule has 0 spiro atoms. The highest BCUT2D eigenvalue weighted by atomic mass is 16.5. The molecule has 3 rings (SSSR count). The van der Waals surface area contributed by atoms with Crippen LogP contribution in [-0.2, 0) is 0 Å². The molecule has 0 aliphatic heterocycles. The van der Waals surface area contributed by atoms with Crippen LogP contribution >= 0.6 is 0 Å². The summed E-state index contributed by atoms with van der Waals surface area (Å²) in [6, 6.07) is 13.5. The van der Waals surface area contributed by atoms with Crippen molar-refractivity contribution in [3.05, 3.63) is 70.1 Å². The lowest BCUT2D eigenvalue weighted by molar-refractivity contribution is 0.415. The summed E-state index contributed by atoms with van der Waals surface area (Å²) in [5.41, 5.74) is 1.86. The van der Waals surface area contributed by atoms with Crippen LogP contribution in [0.4, 0.5) is 0 Å². The van der Waals surface area contributed by atoms with Crippen LogP contribution in [0.3, 0.4) is 0 Å². The molecule has 0 radical (unpaired) electrons. The van der Waals surface area contributed by atoms with E-state index in [0.717, 1.165) is 22.3 Å². The van der Waals surface area contributed by atoms with E-state index in [4.69, 9.17) is 4.74 Å². The maximum Gasteiger partial charge on any atom is 0.272 e. The zero-order valence-corrected chi connectivity index (χ0v) is 11.5. The summed E-state index contributed by atoms with van der Waals surface area (Å²) in [4.78, 5) is 11.7. The molecule has 4 nitrogen and oxygen atoms in total. The number of aromatic nitrogens is 2. The normalized spacial score (nSPS) is 11.1. The monoisotopic (exact) mass is 278 g/mol. The molecule has 1 aromatic heterocycles. The maximum absolute atomic E-state index is 11.7. The topological polar surface area (TPSA) is 55.0 Å². The molecule has 104 valence electrons. The predicted molar refractivity (Wildman–Crippen MR) is 84.3 cm³/mol. The van der Waals surface area contributed by atoms with Gasteiger partial charge in [0, 0.05) is 5.39 Å². The van der Waals surface area contributed by atoms with Gasteiger partial charge >= 0.3 is 0 Å². The molecule has 0 aliphatic carbocycles. The Bertz CT molecular complexity index is 849. The molecule has 0 unspecified atom stereocenters. The number of rotatable bonds is 3. The summed E-state index contributed by atoms with van der Waals surface area (Å²) < 4.78 is 5.13. The maximum atomic E-state index is 11.7. The molecule has 0 fully saturated rings. The van der Waals surface area contributed by atoms with Crippen molar-refractivity contribution in [2.45, 2.75) is 0 Å². The quantitative estimate of drug-likeness (QED) is 0.749. The summed E-state index contributed by atoms with van der Waals surface area (Å²) in [6.07, 6.45) is 5.62. The molecule has 21 heavy (non-hydrogen) atoms. The van der Waals surface area contributed by atoms with Gasteiger partial charge in [-0.05, 0) is 29.3 Å². The second-order valence-electron chi connectivity index (χ2n) is 4.65. The van der Waals surface area contributed by atoms with Gasteiger partial charge in [0.2, 0.25) is 0 Å². The number of fused-ring (bicyclic) bond motifs is 1. The van der Waals surface area contributed by atoms with Gasteiger partial charge in [-0.15, -0.1) is 0 Å². The minimum absolute atomic E-state index is 0.174. The van der Waals surface area contributed by atoms with Crippen LogP contribution in [0.1, 0.15) is 11.1 Å². The van der Waals surface area contributed by atoms with Crippen LogP contribution < -0.4 is 10.3 Å². The second-order valence-corrected chi connectivity index (χ2v) is 4.65. The van der Waals surface area contributed by atoms with Gasteiger partial charge in [0.15, 0.2) is 0 Å². The Morgan fingerprint density at radius 1 is 1.05 bits per heavy atom. The first-order valence-electron chi connectivity index (χ1n) is 6.56. The lowest BCUT2D eigenvalue weighted by Crippen LogP contribution is -2.07. The SMILES string of the molecule is COc1ccc(/C=C/c2ccc3cn[nH]c(=O)c3c2)cc1. The van der Waals surface area contributed by atoms with E-state index in [1.54, 1.807) is 13.3 Å². The third-order valence-corrected chi connectivity index (χ3v) is 3.28. The fraction of sp³-hybridized carbons (Fsp3) is 0.0588. The van der Waals surface area contributed by atoms with Gasteiger partial charge in [0.1, 0.15) is 5.75 Å². The number of H-pyrrole nitrogens is 1. The Morgan fingerprint density at radius 2 is 1.76 bits per heavy atom. The van der Waals surface area contributed by atoms with Crippen LogP contribution in [0.15, 0.2) is 53.5 Å². The molecular weight excluding hydrogens is 264 g/mol. The first-order valence-corrected chi connectivity index (χ1v) is 6.56. The van der Waals surface area contributed by atoms with Crippen LogP contribution in [0.5, 0.6) is 5.75 Å². The molecule has 1 N–H and O–H groups in total. The number of benzene rings is 2. The number of nitrogens with one attached hydrogen (secondary N) is 1. The second kappa shape index (κ2) is 5.63. The molecule has 2 aromatic carbocycles. The van der Waals surface area contributed by atoms with Crippen molar-refractivity contribution >= 4 is 22.9 Å². The van der Waals surface area contributed by atoms with E-state index < -0.39 is 0 Å². The molecule has 3 aromatic rings. The molecule has 0 bridgehead atoms. The number of ether oxygens (including phenoxy) is 1. The Morgan fingerprint density at radius 3 is 2.52 bits per heavy atom. The zero-order chi connectivity index (χ0) is 14.7. The van der Waals surface area contributed by atoms with Gasteiger partial charge in [-0.3, -0.25) is 4.79 Å². The smallest absolute Gasteiger partial charge is 0.272 e. The summed E-state index contributed by atoms with van der Waals surface area (Å²) in [6.45, 7) is 0. The Hall–Kier alpha value is -2.88.